The Hall–Kier alpha value is -0.770. The highest BCUT2D eigenvalue weighted by molar-refractivity contribution is 7.99. The van der Waals surface area contributed by atoms with Crippen molar-refractivity contribution >= 4 is 17.5 Å². The molecule has 0 aliphatic carbocycles. The molecule has 14 heavy (non-hydrogen) atoms. The van der Waals surface area contributed by atoms with Gasteiger partial charge in [-0.25, -0.2) is 0 Å². The fraction of sp³-hybridized carbons (Fsp3) is 0.600. The first-order chi connectivity index (χ1) is 6.63. The summed E-state index contributed by atoms with van der Waals surface area (Å²) in [6.07, 6.45) is 4.32. The smallest absolute Gasteiger partial charge is 0.148 e. The molecule has 0 unspecified atom stereocenters. The molecule has 1 aromatic heterocycles. The van der Waals surface area contributed by atoms with Crippen molar-refractivity contribution in [2.24, 2.45) is 0 Å². The maximum atomic E-state index is 11.3. The van der Waals surface area contributed by atoms with Crippen molar-refractivity contribution in [2.75, 3.05) is 12.0 Å². The van der Waals surface area contributed by atoms with Crippen LogP contribution in [0.25, 0.3) is 0 Å². The first kappa shape index (κ1) is 11.3. The number of carbonyl (C=O) groups excluding carboxylic acids is 1. The van der Waals surface area contributed by atoms with E-state index in [2.05, 4.69) is 18.9 Å². The molecule has 78 valence electrons. The van der Waals surface area contributed by atoms with E-state index in [9.17, 15) is 4.79 Å². The van der Waals surface area contributed by atoms with Crippen molar-refractivity contribution in [1.82, 2.24) is 9.78 Å². The van der Waals surface area contributed by atoms with Gasteiger partial charge in [0.25, 0.3) is 0 Å². The van der Waals surface area contributed by atoms with Crippen LogP contribution in [0, 0.1) is 0 Å². The predicted molar refractivity (Wildman–Crippen MR) is 59.7 cm³/mol. The van der Waals surface area contributed by atoms with Crippen molar-refractivity contribution in [3.8, 4) is 0 Å². The van der Waals surface area contributed by atoms with Crippen LogP contribution in [-0.4, -0.2) is 27.6 Å². The number of ketones is 1. The summed E-state index contributed by atoms with van der Waals surface area (Å²) in [5, 5.41) is 4.32. The molecule has 0 spiro atoms. The fourth-order valence-electron chi connectivity index (χ4n) is 1.17. The van der Waals surface area contributed by atoms with Gasteiger partial charge in [-0.15, -0.1) is 0 Å². The van der Waals surface area contributed by atoms with E-state index >= 15 is 0 Å². The molecule has 1 rings (SSSR count). The summed E-state index contributed by atoms with van der Waals surface area (Å²) in [7, 11) is 0. The zero-order valence-electron chi connectivity index (χ0n) is 8.86. The van der Waals surface area contributed by atoms with Crippen LogP contribution in [0.5, 0.6) is 0 Å². The van der Waals surface area contributed by atoms with Gasteiger partial charge >= 0.3 is 0 Å². The molecule has 0 amide bonds. The van der Waals surface area contributed by atoms with Crippen molar-refractivity contribution in [1.29, 1.82) is 0 Å². The fourth-order valence-corrected chi connectivity index (χ4v) is 1.60. The summed E-state index contributed by atoms with van der Waals surface area (Å²) in [4.78, 5) is 11.3. The minimum absolute atomic E-state index is 0.242. The third-order valence-electron chi connectivity index (χ3n) is 1.88. The second-order valence-electron chi connectivity index (χ2n) is 3.53. The largest absolute Gasteiger partial charge is 0.298 e. The Balaban J connectivity index is 2.55. The summed E-state index contributed by atoms with van der Waals surface area (Å²) < 4.78 is 1.88. The molecule has 0 aliphatic rings. The van der Waals surface area contributed by atoms with Crippen molar-refractivity contribution in [3.63, 3.8) is 0 Å². The average Bonchev–Trinajstić information content (AvgIpc) is 2.53. The van der Waals surface area contributed by atoms with Crippen LogP contribution in [0.2, 0.25) is 0 Å². The summed E-state index contributed by atoms with van der Waals surface area (Å²) >= 11 is 1.56. The van der Waals surface area contributed by atoms with Gasteiger partial charge in [0.15, 0.2) is 0 Å². The van der Waals surface area contributed by atoms with Crippen molar-refractivity contribution < 1.29 is 4.79 Å². The van der Waals surface area contributed by atoms with Gasteiger partial charge in [-0.2, -0.15) is 16.9 Å². The van der Waals surface area contributed by atoms with Crippen molar-refractivity contribution in [2.45, 2.75) is 26.3 Å². The Labute approximate surface area is 88.9 Å². The van der Waals surface area contributed by atoms with Crippen LogP contribution >= 0.6 is 11.8 Å². The Bertz CT molecular complexity index is 307. The molecule has 4 heteroatoms. The zero-order chi connectivity index (χ0) is 10.6. The molecule has 1 heterocycles. The second kappa shape index (κ2) is 5.20. The maximum Gasteiger partial charge on any atom is 0.148 e. The zero-order valence-corrected chi connectivity index (χ0v) is 9.67. The van der Waals surface area contributed by atoms with Gasteiger partial charge in [0.1, 0.15) is 5.78 Å². The molecule has 0 atom stereocenters. The molecule has 1 aromatic rings. The van der Waals surface area contributed by atoms with E-state index in [-0.39, 0.29) is 5.78 Å². The van der Waals surface area contributed by atoms with E-state index < -0.39 is 0 Å². The van der Waals surface area contributed by atoms with Gasteiger partial charge in [0.05, 0.1) is 17.9 Å². The molecule has 0 saturated carbocycles. The van der Waals surface area contributed by atoms with E-state index in [1.807, 2.05) is 23.2 Å². The second-order valence-corrected chi connectivity index (χ2v) is 4.40. The average molecular weight is 212 g/mol. The molecule has 0 aliphatic heterocycles. The Morgan fingerprint density at radius 3 is 2.86 bits per heavy atom. The van der Waals surface area contributed by atoms with E-state index in [0.29, 0.717) is 18.2 Å². The summed E-state index contributed by atoms with van der Waals surface area (Å²) in [5.74, 6) is 0.820. The number of aromatic nitrogens is 2. The molecular formula is C10H16N2OS. The first-order valence-electron chi connectivity index (χ1n) is 4.68. The lowest BCUT2D eigenvalue weighted by molar-refractivity contribution is -0.116. The van der Waals surface area contributed by atoms with Gasteiger partial charge in [0, 0.05) is 12.2 Å². The number of thioether (sulfide) groups is 1. The lowest BCUT2D eigenvalue weighted by Crippen LogP contribution is -2.07. The number of hydrogen-bond acceptors (Lipinski definition) is 3. The highest BCUT2D eigenvalue weighted by Crippen LogP contribution is 2.06. The topological polar surface area (TPSA) is 34.9 Å². The SMILES string of the molecule is CSCC(=O)Cc1ccn(C(C)C)n1. The number of rotatable bonds is 5. The maximum absolute atomic E-state index is 11.3. The summed E-state index contributed by atoms with van der Waals surface area (Å²) in [6.45, 7) is 4.14. The molecule has 0 bridgehead atoms. The first-order valence-corrected chi connectivity index (χ1v) is 6.07. The third-order valence-corrected chi connectivity index (χ3v) is 2.49. The Kier molecular flexibility index (Phi) is 4.20. The summed E-state index contributed by atoms with van der Waals surface area (Å²) in [5.41, 5.74) is 0.873. The molecule has 0 radical (unpaired) electrons. The van der Waals surface area contributed by atoms with Crippen LogP contribution in [0.1, 0.15) is 25.6 Å². The normalized spacial score (nSPS) is 10.9. The molecular weight excluding hydrogens is 196 g/mol. The third kappa shape index (κ3) is 3.18. The Morgan fingerprint density at radius 2 is 2.36 bits per heavy atom. The lowest BCUT2D eigenvalue weighted by atomic mass is 10.2. The highest BCUT2D eigenvalue weighted by Gasteiger charge is 2.06. The van der Waals surface area contributed by atoms with E-state index in [0.717, 1.165) is 5.69 Å². The molecule has 3 nitrogen and oxygen atoms in total. The van der Waals surface area contributed by atoms with Gasteiger partial charge in [0.2, 0.25) is 0 Å². The number of Topliss-reactive ketones (excluding diaryl/α,β-unsaturated/α-hetero) is 1. The Morgan fingerprint density at radius 1 is 1.64 bits per heavy atom. The van der Waals surface area contributed by atoms with Crippen LogP contribution in [0.3, 0.4) is 0 Å². The monoisotopic (exact) mass is 212 g/mol. The van der Waals surface area contributed by atoms with Gasteiger partial charge in [-0.3, -0.25) is 9.48 Å². The van der Waals surface area contributed by atoms with Gasteiger partial charge in [-0.05, 0) is 26.2 Å². The summed E-state index contributed by atoms with van der Waals surface area (Å²) in [6, 6.07) is 2.28. The quantitative estimate of drug-likeness (QED) is 0.748. The van der Waals surface area contributed by atoms with Crippen LogP contribution in [0.4, 0.5) is 0 Å². The van der Waals surface area contributed by atoms with Crippen LogP contribution < -0.4 is 0 Å². The molecule has 0 N–H and O–H groups in total. The molecule has 0 fully saturated rings. The lowest BCUT2D eigenvalue weighted by Gasteiger charge is -2.03. The molecule has 0 aromatic carbocycles. The standard InChI is InChI=1S/C10H16N2OS/c1-8(2)12-5-4-9(11-12)6-10(13)7-14-3/h4-5,8H,6-7H2,1-3H3. The van der Waals surface area contributed by atoms with E-state index in [1.165, 1.54) is 0 Å². The highest BCUT2D eigenvalue weighted by atomic mass is 32.2. The molecule has 0 saturated heterocycles. The predicted octanol–water partition coefficient (Wildman–Crippen LogP) is 1.94. The van der Waals surface area contributed by atoms with E-state index in [4.69, 9.17) is 0 Å². The van der Waals surface area contributed by atoms with Crippen molar-refractivity contribution in [3.05, 3.63) is 18.0 Å². The van der Waals surface area contributed by atoms with Gasteiger partial charge < -0.3 is 0 Å². The minimum Gasteiger partial charge on any atom is -0.298 e. The minimum atomic E-state index is 0.242. The van der Waals surface area contributed by atoms with E-state index in [1.54, 1.807) is 11.8 Å². The number of carbonyl (C=O) groups is 1. The number of nitrogens with zero attached hydrogens (tertiary/aromatic N) is 2. The van der Waals surface area contributed by atoms with Crippen LogP contribution in [0.15, 0.2) is 12.3 Å². The number of hydrogen-bond donors (Lipinski definition) is 0. The van der Waals surface area contributed by atoms with Crippen LogP contribution in [-0.2, 0) is 11.2 Å². The van der Waals surface area contributed by atoms with Gasteiger partial charge in [-0.1, -0.05) is 0 Å².